The lowest BCUT2D eigenvalue weighted by Crippen LogP contribution is -2.47. The Hall–Kier alpha value is -1.12. The normalized spacial score (nSPS) is 29.8. The molecule has 1 aromatic rings. The van der Waals surface area contributed by atoms with Crippen molar-refractivity contribution in [2.24, 2.45) is 0 Å². The minimum Gasteiger partial charge on any atom is -0.386 e. The van der Waals surface area contributed by atoms with Gasteiger partial charge in [-0.2, -0.15) is 8.62 Å². The van der Waals surface area contributed by atoms with Gasteiger partial charge in [0, 0.05) is 0 Å². The van der Waals surface area contributed by atoms with E-state index in [0.29, 0.717) is 10.8 Å². The van der Waals surface area contributed by atoms with Gasteiger partial charge in [0.05, 0.1) is 12.8 Å². The van der Waals surface area contributed by atoms with Crippen LogP contribution in [0.1, 0.15) is 6.23 Å². The van der Waals surface area contributed by atoms with Crippen LogP contribution in [0.5, 0.6) is 0 Å². The van der Waals surface area contributed by atoms with Crippen molar-refractivity contribution in [1.82, 2.24) is 9.55 Å². The summed E-state index contributed by atoms with van der Waals surface area (Å²) in [5.74, 6) is 0.609. The summed E-state index contributed by atoms with van der Waals surface area (Å²) in [6.07, 6.45) is -0.233. The van der Waals surface area contributed by atoms with Crippen molar-refractivity contribution < 1.29 is 65.8 Å². The molecule has 3 unspecified atom stereocenters. The fourth-order valence-electron chi connectivity index (χ4n) is 2.44. The Kier molecular flexibility index (Phi) is 7.85. The number of hydrogen-bond acceptors (Lipinski definition) is 11. The van der Waals surface area contributed by atoms with Crippen molar-refractivity contribution in [1.29, 1.82) is 0 Å². The van der Waals surface area contributed by atoms with Gasteiger partial charge < -0.3 is 34.5 Å². The first-order valence-electron chi connectivity index (χ1n) is 7.74. The quantitative estimate of drug-likeness (QED) is 0.118. The zero-order valence-corrected chi connectivity index (χ0v) is 18.6. The number of phosphoric acid groups is 3. The molecule has 2 heterocycles. The fourth-order valence-corrected chi connectivity index (χ4v) is 5.61. The number of nitrogens with one attached hydrogen (secondary N) is 1. The lowest BCUT2D eigenvalue weighted by atomic mass is 9.95. The number of ether oxygens (including phenoxy) is 1. The van der Waals surface area contributed by atoms with Crippen LogP contribution in [-0.2, 0) is 31.6 Å². The van der Waals surface area contributed by atoms with E-state index in [9.17, 15) is 38.0 Å². The molecule has 21 heteroatoms. The topological polar surface area (TPSA) is 247 Å². The molecule has 16 nitrogen and oxygen atoms in total. The second-order valence-corrected chi connectivity index (χ2v) is 10.8. The molecule has 32 heavy (non-hydrogen) atoms. The Bertz CT molecular complexity index is 1190. The Morgan fingerprint density at radius 3 is 2.41 bits per heavy atom. The third-order valence-electron chi connectivity index (χ3n) is 3.71. The van der Waals surface area contributed by atoms with E-state index in [2.05, 4.69) is 25.4 Å². The number of H-pyrrole nitrogens is 1. The van der Waals surface area contributed by atoms with E-state index >= 15 is 0 Å². The van der Waals surface area contributed by atoms with E-state index in [1.165, 1.54) is 0 Å². The number of aromatic amines is 1. The first-order chi connectivity index (χ1) is 14.4. The van der Waals surface area contributed by atoms with Crippen molar-refractivity contribution in [2.75, 3.05) is 6.61 Å². The standard InChI is InChI=1S/C11H14FN2O14P3S/c1-2-11(17)7(15)6(26-9(11)14-3-5(12)8(32)13-10(14)16)4-25-30(21,22)28-31(23,24)27-29(18,19)20/h1,3,6-7,9,15,17H,4H2,(H,21,22)(H,23,24)(H,13,16,32)(H2,18,19,20)/t6-,7+,9-,11?/m1/s1. The Balaban J connectivity index is 2.23. The molecule has 0 amide bonds. The molecule has 0 aliphatic carbocycles. The van der Waals surface area contributed by atoms with E-state index in [0.717, 1.165) is 0 Å². The number of terminal acetylenes is 1. The van der Waals surface area contributed by atoms with Crippen LogP contribution in [0.4, 0.5) is 4.39 Å². The first kappa shape index (κ1) is 27.1. The monoisotopic (exact) mass is 542 g/mol. The largest absolute Gasteiger partial charge is 0.490 e. The fraction of sp³-hybridized carbons (Fsp3) is 0.455. The molecule has 1 fully saturated rings. The van der Waals surface area contributed by atoms with Gasteiger partial charge in [0.1, 0.15) is 16.8 Å². The molecule has 1 aliphatic rings. The highest BCUT2D eigenvalue weighted by Crippen LogP contribution is 2.66. The molecule has 1 saturated heterocycles. The van der Waals surface area contributed by atoms with Gasteiger partial charge in [0.15, 0.2) is 17.6 Å². The number of aliphatic hydroxyl groups is 2. The minimum absolute atomic E-state index is 0.402. The second kappa shape index (κ2) is 9.26. The van der Waals surface area contributed by atoms with Crippen LogP contribution in [0.15, 0.2) is 11.0 Å². The molecule has 0 radical (unpaired) electrons. The number of aliphatic hydroxyl groups excluding tert-OH is 1. The highest BCUT2D eigenvalue weighted by molar-refractivity contribution is 7.71. The van der Waals surface area contributed by atoms with E-state index in [-0.39, 0.29) is 0 Å². The third kappa shape index (κ3) is 6.26. The van der Waals surface area contributed by atoms with Crippen molar-refractivity contribution >= 4 is 35.7 Å². The summed E-state index contributed by atoms with van der Waals surface area (Å²) >= 11 is 4.53. The van der Waals surface area contributed by atoms with Gasteiger partial charge in [-0.15, -0.1) is 6.42 Å². The van der Waals surface area contributed by atoms with Gasteiger partial charge in [-0.3, -0.25) is 14.1 Å². The second-order valence-electron chi connectivity index (χ2n) is 5.97. The van der Waals surface area contributed by atoms with Crippen LogP contribution >= 0.6 is 35.7 Å². The van der Waals surface area contributed by atoms with E-state index in [1.54, 1.807) is 5.92 Å². The first-order valence-corrected chi connectivity index (χ1v) is 12.7. The number of phosphoric ester groups is 1. The maximum atomic E-state index is 13.8. The molecule has 1 aromatic heterocycles. The summed E-state index contributed by atoms with van der Waals surface area (Å²) in [5.41, 5.74) is -3.83. The average molecular weight is 542 g/mol. The van der Waals surface area contributed by atoms with Gasteiger partial charge >= 0.3 is 29.2 Å². The maximum absolute atomic E-state index is 13.8. The molecule has 0 aromatic carbocycles. The molecular weight excluding hydrogens is 528 g/mol. The molecule has 0 spiro atoms. The molecule has 2 rings (SSSR count). The molecule has 1 aliphatic heterocycles. The highest BCUT2D eigenvalue weighted by Gasteiger charge is 2.56. The number of hydrogen-bond donors (Lipinski definition) is 7. The third-order valence-corrected chi connectivity index (χ3v) is 7.81. The van der Waals surface area contributed by atoms with Crippen molar-refractivity contribution in [3.63, 3.8) is 0 Å². The van der Waals surface area contributed by atoms with Crippen LogP contribution in [0.3, 0.4) is 0 Å². The summed E-state index contributed by atoms with van der Waals surface area (Å²) in [6.45, 7) is -1.20. The number of halogens is 1. The summed E-state index contributed by atoms with van der Waals surface area (Å²) in [4.78, 5) is 49.4. The maximum Gasteiger partial charge on any atom is 0.490 e. The molecule has 180 valence electrons. The average Bonchev–Trinajstić information content (AvgIpc) is 2.85. The van der Waals surface area contributed by atoms with E-state index in [4.69, 9.17) is 25.8 Å². The van der Waals surface area contributed by atoms with Gasteiger partial charge in [0.25, 0.3) is 0 Å². The van der Waals surface area contributed by atoms with Crippen molar-refractivity contribution in [3.05, 3.63) is 27.1 Å². The Morgan fingerprint density at radius 1 is 1.28 bits per heavy atom. The van der Waals surface area contributed by atoms with Gasteiger partial charge in [-0.25, -0.2) is 22.9 Å². The molecule has 7 N–H and O–H groups in total. The molecule has 0 saturated carbocycles. The summed E-state index contributed by atoms with van der Waals surface area (Å²) < 4.78 is 63.7. The number of aromatic nitrogens is 2. The van der Waals surface area contributed by atoms with Crippen LogP contribution in [0.25, 0.3) is 0 Å². The minimum atomic E-state index is -5.81. The van der Waals surface area contributed by atoms with Gasteiger partial charge in [0.2, 0.25) is 0 Å². The Morgan fingerprint density at radius 2 is 1.88 bits per heavy atom. The Labute approximate surface area is 181 Å². The smallest absolute Gasteiger partial charge is 0.386 e. The van der Waals surface area contributed by atoms with Crippen LogP contribution < -0.4 is 5.69 Å². The molecule has 0 bridgehead atoms. The zero-order chi connectivity index (χ0) is 24.7. The molecule has 6 atom stereocenters. The number of rotatable bonds is 8. The van der Waals surface area contributed by atoms with Crippen LogP contribution in [-0.4, -0.2) is 63.8 Å². The van der Waals surface area contributed by atoms with E-state index in [1.807, 2.05) is 4.98 Å². The highest BCUT2D eigenvalue weighted by atomic mass is 32.1. The summed E-state index contributed by atoms with van der Waals surface area (Å²) in [6, 6.07) is 0. The predicted octanol–water partition coefficient (Wildman–Crippen LogP) is -0.989. The lowest BCUT2D eigenvalue weighted by Gasteiger charge is -2.26. The van der Waals surface area contributed by atoms with E-state index < -0.39 is 70.3 Å². The molecular formula is C11H14FN2O14P3S. The predicted molar refractivity (Wildman–Crippen MR) is 99.4 cm³/mol. The van der Waals surface area contributed by atoms with Crippen LogP contribution in [0.2, 0.25) is 0 Å². The van der Waals surface area contributed by atoms with Gasteiger partial charge in [-0.05, 0) is 0 Å². The SMILES string of the molecule is C#CC1(O)[C@@H](O)[C@@H](COP(=O)(O)OP(=O)(O)OP(=O)(O)O)O[C@H]1n1cc(F)c(=S)[nH]c1=O. The zero-order valence-electron chi connectivity index (χ0n) is 15.1. The number of nitrogens with zero attached hydrogens (tertiary/aromatic N) is 1. The van der Waals surface area contributed by atoms with Crippen molar-refractivity contribution in [2.45, 2.75) is 24.0 Å². The lowest BCUT2D eigenvalue weighted by molar-refractivity contribution is -0.0765. The van der Waals surface area contributed by atoms with Crippen molar-refractivity contribution in [3.8, 4) is 12.3 Å². The van der Waals surface area contributed by atoms with Gasteiger partial charge in [-0.1, -0.05) is 18.1 Å². The summed E-state index contributed by atoms with van der Waals surface area (Å²) in [5, 5.41) is 20.8. The summed E-state index contributed by atoms with van der Waals surface area (Å²) in [7, 11) is -17.0. The van der Waals surface area contributed by atoms with Crippen LogP contribution in [0, 0.1) is 22.8 Å².